The van der Waals surface area contributed by atoms with Crippen LogP contribution in [0.15, 0.2) is 42.5 Å². The number of hydrogen-bond donors (Lipinski definition) is 0. The molecule has 4 nitrogen and oxygen atoms in total. The molecule has 0 unspecified atom stereocenters. The van der Waals surface area contributed by atoms with Crippen LogP contribution in [0.4, 0.5) is 0 Å². The maximum atomic E-state index is 12.4. The first-order valence-electron chi connectivity index (χ1n) is 6.64. The molecule has 22 heavy (non-hydrogen) atoms. The van der Waals surface area contributed by atoms with Gasteiger partial charge in [0.2, 0.25) is 0 Å². The van der Waals surface area contributed by atoms with Crippen molar-refractivity contribution in [3.63, 3.8) is 0 Å². The highest BCUT2D eigenvalue weighted by atomic mass is 35.5. The van der Waals surface area contributed by atoms with Crippen LogP contribution >= 0.6 is 19.2 Å². The van der Waals surface area contributed by atoms with Crippen molar-refractivity contribution in [3.05, 3.63) is 53.1 Å². The van der Waals surface area contributed by atoms with Gasteiger partial charge in [-0.1, -0.05) is 29.8 Å². The van der Waals surface area contributed by atoms with Crippen LogP contribution in [0.25, 0.3) is 11.1 Å². The zero-order valence-corrected chi connectivity index (χ0v) is 14.4. The summed E-state index contributed by atoms with van der Waals surface area (Å²) < 4.78 is 27.6. The molecule has 0 aromatic heterocycles. The first-order chi connectivity index (χ1) is 10.5. The van der Waals surface area contributed by atoms with E-state index in [9.17, 15) is 4.57 Å². The fourth-order valence-electron chi connectivity index (χ4n) is 2.14. The lowest BCUT2D eigenvalue weighted by Crippen LogP contribution is -1.96. The monoisotopic (exact) mass is 340 g/mol. The lowest BCUT2D eigenvalue weighted by atomic mass is 10.0. The van der Waals surface area contributed by atoms with Gasteiger partial charge in [-0.15, -0.1) is 0 Å². The summed E-state index contributed by atoms with van der Waals surface area (Å²) >= 11 is 6.11. The Kier molecular flexibility index (Phi) is 5.65. The Morgan fingerprint density at radius 3 is 2.18 bits per heavy atom. The van der Waals surface area contributed by atoms with Crippen LogP contribution in [-0.4, -0.2) is 21.3 Å². The summed E-state index contributed by atoms with van der Waals surface area (Å²) in [6, 6.07) is 13.0. The third-order valence-electron chi connectivity index (χ3n) is 3.39. The van der Waals surface area contributed by atoms with E-state index >= 15 is 0 Å². The largest absolute Gasteiger partial charge is 0.497 e. The van der Waals surface area contributed by atoms with E-state index in [0.29, 0.717) is 5.02 Å². The van der Waals surface area contributed by atoms with Crippen molar-refractivity contribution < 1.29 is 18.3 Å². The predicted octanol–water partition coefficient (Wildman–Crippen LogP) is 5.00. The number of ether oxygens (including phenoxy) is 1. The summed E-state index contributed by atoms with van der Waals surface area (Å²) in [7, 11) is 1.23. The lowest BCUT2D eigenvalue weighted by Gasteiger charge is -2.16. The van der Waals surface area contributed by atoms with E-state index in [1.807, 2.05) is 36.4 Å². The molecule has 0 saturated carbocycles. The topological polar surface area (TPSA) is 44.8 Å². The van der Waals surface area contributed by atoms with Gasteiger partial charge in [-0.05, 0) is 41.0 Å². The molecule has 0 fully saturated rings. The summed E-state index contributed by atoms with van der Waals surface area (Å²) in [5.41, 5.74) is 2.70. The van der Waals surface area contributed by atoms with Crippen LogP contribution in [0, 0.1) is 0 Å². The Labute approximate surface area is 135 Å². The van der Waals surface area contributed by atoms with Crippen LogP contribution in [0.1, 0.15) is 5.56 Å². The maximum Gasteiger partial charge on any atom is 0.334 e. The van der Waals surface area contributed by atoms with E-state index in [-0.39, 0.29) is 6.16 Å². The SMILES string of the molecule is COc1ccc(-c2cc(Cl)ccc2CP(=O)(OC)OC)cc1. The lowest BCUT2D eigenvalue weighted by molar-refractivity contribution is 0.275. The second-order valence-electron chi connectivity index (χ2n) is 4.66. The standard InChI is InChI=1S/C16H18ClO4P/c1-19-15-8-5-12(6-9-15)16-10-14(17)7-4-13(16)11-22(18,20-2)21-3/h4-10H,11H2,1-3H3. The molecule has 6 heteroatoms. The average molecular weight is 341 g/mol. The Morgan fingerprint density at radius 2 is 1.64 bits per heavy atom. The third-order valence-corrected chi connectivity index (χ3v) is 5.47. The Morgan fingerprint density at radius 1 is 1.00 bits per heavy atom. The van der Waals surface area contributed by atoms with Gasteiger partial charge in [0.25, 0.3) is 0 Å². The van der Waals surface area contributed by atoms with Crippen LogP contribution in [0.3, 0.4) is 0 Å². The molecule has 2 aromatic rings. The molecule has 2 rings (SSSR count). The van der Waals surface area contributed by atoms with Gasteiger partial charge < -0.3 is 13.8 Å². The van der Waals surface area contributed by atoms with E-state index in [0.717, 1.165) is 22.4 Å². The van der Waals surface area contributed by atoms with E-state index in [1.54, 1.807) is 13.2 Å². The first-order valence-corrected chi connectivity index (χ1v) is 8.75. The van der Waals surface area contributed by atoms with Crippen LogP contribution in [0.5, 0.6) is 5.75 Å². The van der Waals surface area contributed by atoms with Crippen molar-refractivity contribution in [3.8, 4) is 16.9 Å². The van der Waals surface area contributed by atoms with Gasteiger partial charge in [-0.3, -0.25) is 4.57 Å². The van der Waals surface area contributed by atoms with Gasteiger partial charge in [0.15, 0.2) is 0 Å². The Bertz CT molecular complexity index is 677. The molecule has 0 saturated heterocycles. The van der Waals surface area contributed by atoms with Crippen molar-refractivity contribution in [2.24, 2.45) is 0 Å². The van der Waals surface area contributed by atoms with Gasteiger partial charge >= 0.3 is 7.60 Å². The third kappa shape index (κ3) is 3.90. The maximum absolute atomic E-state index is 12.4. The molecule has 2 aromatic carbocycles. The van der Waals surface area contributed by atoms with Gasteiger partial charge in [0.1, 0.15) is 5.75 Å². The molecule has 0 amide bonds. The molecule has 0 aliphatic rings. The van der Waals surface area contributed by atoms with Crippen molar-refractivity contribution >= 4 is 19.2 Å². The highest BCUT2D eigenvalue weighted by Gasteiger charge is 2.23. The number of hydrogen-bond acceptors (Lipinski definition) is 4. The minimum Gasteiger partial charge on any atom is -0.497 e. The van der Waals surface area contributed by atoms with Gasteiger partial charge in [0.05, 0.1) is 13.3 Å². The van der Waals surface area contributed by atoms with E-state index in [1.165, 1.54) is 14.2 Å². The van der Waals surface area contributed by atoms with E-state index in [2.05, 4.69) is 0 Å². The molecule has 0 N–H and O–H groups in total. The highest BCUT2D eigenvalue weighted by Crippen LogP contribution is 2.51. The second kappa shape index (κ2) is 7.30. The van der Waals surface area contributed by atoms with Crippen molar-refractivity contribution in [2.75, 3.05) is 21.3 Å². The molecule has 0 aliphatic heterocycles. The second-order valence-corrected chi connectivity index (χ2v) is 7.37. The predicted molar refractivity (Wildman–Crippen MR) is 88.8 cm³/mol. The minimum atomic E-state index is -3.15. The zero-order chi connectivity index (χ0) is 16.2. The summed E-state index contributed by atoms with van der Waals surface area (Å²) in [4.78, 5) is 0. The Hall–Kier alpha value is -1.32. The van der Waals surface area contributed by atoms with Gasteiger partial charge in [0, 0.05) is 19.2 Å². The molecular formula is C16H18ClO4P. The number of benzene rings is 2. The van der Waals surface area contributed by atoms with Crippen molar-refractivity contribution in [1.82, 2.24) is 0 Å². The minimum absolute atomic E-state index is 0.179. The average Bonchev–Trinajstić information content (AvgIpc) is 2.56. The normalized spacial score (nSPS) is 11.5. The molecule has 0 radical (unpaired) electrons. The zero-order valence-electron chi connectivity index (χ0n) is 12.7. The molecule has 0 spiro atoms. The molecule has 0 atom stereocenters. The molecule has 0 bridgehead atoms. The smallest absolute Gasteiger partial charge is 0.334 e. The molecule has 0 aliphatic carbocycles. The van der Waals surface area contributed by atoms with Gasteiger partial charge in [-0.25, -0.2) is 0 Å². The fourth-order valence-corrected chi connectivity index (χ4v) is 3.41. The Balaban J connectivity index is 2.45. The summed E-state index contributed by atoms with van der Waals surface area (Å²) in [6.45, 7) is 0. The van der Waals surface area contributed by atoms with Gasteiger partial charge in [-0.2, -0.15) is 0 Å². The van der Waals surface area contributed by atoms with Crippen molar-refractivity contribution in [2.45, 2.75) is 6.16 Å². The molecule has 0 heterocycles. The summed E-state index contributed by atoms with van der Waals surface area (Å²) in [6.07, 6.45) is 0.179. The number of methoxy groups -OCH3 is 1. The van der Waals surface area contributed by atoms with E-state index < -0.39 is 7.60 Å². The van der Waals surface area contributed by atoms with Crippen LogP contribution in [-0.2, 0) is 19.8 Å². The van der Waals surface area contributed by atoms with Crippen LogP contribution < -0.4 is 4.74 Å². The summed E-state index contributed by atoms with van der Waals surface area (Å²) in [5.74, 6) is 0.770. The highest BCUT2D eigenvalue weighted by molar-refractivity contribution is 7.52. The van der Waals surface area contributed by atoms with Crippen LogP contribution in [0.2, 0.25) is 5.02 Å². The van der Waals surface area contributed by atoms with E-state index in [4.69, 9.17) is 25.4 Å². The quantitative estimate of drug-likeness (QED) is 0.694. The molecular weight excluding hydrogens is 323 g/mol. The summed E-state index contributed by atoms with van der Waals surface area (Å²) in [5, 5.41) is 0.610. The molecule has 118 valence electrons. The number of halogens is 1. The van der Waals surface area contributed by atoms with Crippen molar-refractivity contribution in [1.29, 1.82) is 0 Å². The fraction of sp³-hybridized carbons (Fsp3) is 0.250. The number of rotatable bonds is 6. The first kappa shape index (κ1) is 17.0.